The molecule has 0 saturated carbocycles. The Balaban J connectivity index is 1.94. The molecule has 19 heavy (non-hydrogen) atoms. The molecule has 0 bridgehead atoms. The van der Waals surface area contributed by atoms with Gasteiger partial charge in [0.15, 0.2) is 0 Å². The van der Waals surface area contributed by atoms with Crippen LogP contribution >= 0.6 is 0 Å². The summed E-state index contributed by atoms with van der Waals surface area (Å²) in [4.78, 5) is 14.1. The Kier molecular flexibility index (Phi) is 4.38. The van der Waals surface area contributed by atoms with E-state index < -0.39 is 10.0 Å². The fraction of sp³-hybridized carbons (Fsp3) is 0.583. The van der Waals surface area contributed by atoms with E-state index in [0.717, 1.165) is 30.5 Å². The van der Waals surface area contributed by atoms with E-state index in [2.05, 4.69) is 10.3 Å². The maximum absolute atomic E-state index is 11.3. The van der Waals surface area contributed by atoms with Gasteiger partial charge in [-0.2, -0.15) is 0 Å². The molecule has 1 aliphatic rings. The third-order valence-electron chi connectivity index (χ3n) is 3.33. The van der Waals surface area contributed by atoms with E-state index in [-0.39, 0.29) is 17.4 Å². The van der Waals surface area contributed by atoms with Gasteiger partial charge in [0.05, 0.1) is 5.75 Å². The molecule has 0 fully saturated rings. The standard InChI is InChI=1S/C12H19N3O3S/c13-19(17,18)8-2-7-14-10-3-1-4-11-9(10)5-6-12(16)15-11/h5-6,10,14H,1-4,7-8H2,(H,15,16)(H2,13,17,18). The maximum Gasteiger partial charge on any atom is 0.248 e. The van der Waals surface area contributed by atoms with Crippen molar-refractivity contribution >= 4 is 10.0 Å². The highest BCUT2D eigenvalue weighted by Gasteiger charge is 2.20. The number of nitrogens with two attached hydrogens (primary N) is 1. The average molecular weight is 285 g/mol. The van der Waals surface area contributed by atoms with E-state index in [0.29, 0.717) is 13.0 Å². The molecule has 1 heterocycles. The molecule has 1 atom stereocenters. The highest BCUT2D eigenvalue weighted by atomic mass is 32.2. The molecule has 1 aromatic heterocycles. The van der Waals surface area contributed by atoms with Crippen LogP contribution in [0.2, 0.25) is 0 Å². The first-order valence-corrected chi connectivity index (χ1v) is 8.13. The Hall–Kier alpha value is -1.18. The SMILES string of the molecule is NS(=O)(=O)CCCNC1CCCc2[nH]c(=O)ccc21. The highest BCUT2D eigenvalue weighted by Crippen LogP contribution is 2.27. The van der Waals surface area contributed by atoms with E-state index >= 15 is 0 Å². The Morgan fingerprint density at radius 2 is 2.21 bits per heavy atom. The van der Waals surface area contributed by atoms with Crippen molar-refractivity contribution in [2.24, 2.45) is 5.14 Å². The van der Waals surface area contributed by atoms with Gasteiger partial charge in [0.2, 0.25) is 15.6 Å². The third-order valence-corrected chi connectivity index (χ3v) is 4.19. The summed E-state index contributed by atoms with van der Waals surface area (Å²) in [5, 5.41) is 8.28. The van der Waals surface area contributed by atoms with Gasteiger partial charge < -0.3 is 10.3 Å². The van der Waals surface area contributed by atoms with E-state index in [1.807, 2.05) is 6.07 Å². The van der Waals surface area contributed by atoms with Gasteiger partial charge in [-0.3, -0.25) is 4.79 Å². The summed E-state index contributed by atoms with van der Waals surface area (Å²) in [5.41, 5.74) is 2.03. The first kappa shape index (κ1) is 14.2. The zero-order chi connectivity index (χ0) is 13.9. The lowest BCUT2D eigenvalue weighted by atomic mass is 9.91. The second-order valence-corrected chi connectivity index (χ2v) is 6.61. The molecule has 0 aliphatic heterocycles. The molecule has 0 saturated heterocycles. The van der Waals surface area contributed by atoms with Crippen LogP contribution in [-0.2, 0) is 16.4 Å². The smallest absolute Gasteiger partial charge is 0.248 e. The van der Waals surface area contributed by atoms with Crippen LogP contribution in [0.1, 0.15) is 36.6 Å². The monoisotopic (exact) mass is 285 g/mol. The van der Waals surface area contributed by atoms with Gasteiger partial charge in [0, 0.05) is 17.8 Å². The number of hydrogen-bond acceptors (Lipinski definition) is 4. The number of nitrogens with one attached hydrogen (secondary N) is 2. The molecular formula is C12H19N3O3S. The summed E-state index contributed by atoms with van der Waals surface area (Å²) in [6, 6.07) is 3.56. The number of pyridine rings is 1. The number of primary sulfonamides is 1. The lowest BCUT2D eigenvalue weighted by Gasteiger charge is -2.26. The average Bonchev–Trinajstić information content (AvgIpc) is 2.33. The van der Waals surface area contributed by atoms with Crippen LogP contribution < -0.4 is 16.0 Å². The number of fused-ring (bicyclic) bond motifs is 1. The van der Waals surface area contributed by atoms with Crippen LogP contribution in [0.3, 0.4) is 0 Å². The summed E-state index contributed by atoms with van der Waals surface area (Å²) >= 11 is 0. The van der Waals surface area contributed by atoms with Gasteiger partial charge in [-0.05, 0) is 37.8 Å². The minimum Gasteiger partial charge on any atom is -0.326 e. The number of aryl methyl sites for hydroxylation is 1. The van der Waals surface area contributed by atoms with Crippen LogP contribution in [0.25, 0.3) is 0 Å². The van der Waals surface area contributed by atoms with Crippen molar-refractivity contribution in [3.05, 3.63) is 33.7 Å². The summed E-state index contributed by atoms with van der Waals surface area (Å²) in [5.74, 6) is -0.00873. The number of aromatic amines is 1. The largest absolute Gasteiger partial charge is 0.326 e. The molecule has 1 unspecified atom stereocenters. The summed E-state index contributed by atoms with van der Waals surface area (Å²) < 4.78 is 21.7. The van der Waals surface area contributed by atoms with Crippen molar-refractivity contribution < 1.29 is 8.42 Å². The zero-order valence-corrected chi connectivity index (χ0v) is 11.5. The van der Waals surface area contributed by atoms with Gasteiger partial charge in [0.1, 0.15) is 0 Å². The second kappa shape index (κ2) is 5.85. The fourth-order valence-electron chi connectivity index (χ4n) is 2.46. The quantitative estimate of drug-likeness (QED) is 0.663. The molecule has 7 heteroatoms. The zero-order valence-electron chi connectivity index (χ0n) is 10.7. The summed E-state index contributed by atoms with van der Waals surface area (Å²) in [6.45, 7) is 0.597. The third kappa shape index (κ3) is 4.15. The highest BCUT2D eigenvalue weighted by molar-refractivity contribution is 7.89. The molecule has 1 aliphatic carbocycles. The number of sulfonamides is 1. The molecule has 1 aromatic rings. The number of H-pyrrole nitrogens is 1. The molecule has 0 amide bonds. The van der Waals surface area contributed by atoms with Crippen LogP contribution in [0, 0.1) is 0 Å². The maximum atomic E-state index is 11.3. The second-order valence-electron chi connectivity index (χ2n) is 4.88. The predicted molar refractivity (Wildman–Crippen MR) is 73.3 cm³/mol. The van der Waals surface area contributed by atoms with Crippen molar-refractivity contribution in [1.29, 1.82) is 0 Å². The van der Waals surface area contributed by atoms with Crippen LogP contribution in [0.5, 0.6) is 0 Å². The molecule has 0 spiro atoms. The van der Waals surface area contributed by atoms with Gasteiger partial charge in [-0.15, -0.1) is 0 Å². The van der Waals surface area contributed by atoms with E-state index in [1.165, 1.54) is 6.07 Å². The first-order chi connectivity index (χ1) is 8.96. The Morgan fingerprint density at radius 1 is 1.42 bits per heavy atom. The molecule has 0 radical (unpaired) electrons. The normalized spacial score (nSPS) is 19.1. The Bertz CT molecular complexity index is 594. The number of hydrogen-bond donors (Lipinski definition) is 3. The Labute approximate surface area is 112 Å². The van der Waals surface area contributed by atoms with Crippen molar-refractivity contribution in [1.82, 2.24) is 10.3 Å². The fourth-order valence-corrected chi connectivity index (χ4v) is 3.01. The van der Waals surface area contributed by atoms with Crippen molar-refractivity contribution in [2.75, 3.05) is 12.3 Å². The van der Waals surface area contributed by atoms with Crippen molar-refractivity contribution in [2.45, 2.75) is 31.7 Å². The van der Waals surface area contributed by atoms with E-state index in [4.69, 9.17) is 5.14 Å². The van der Waals surface area contributed by atoms with Gasteiger partial charge >= 0.3 is 0 Å². The minimum absolute atomic E-state index is 0.00873. The lowest BCUT2D eigenvalue weighted by Crippen LogP contribution is -2.29. The first-order valence-electron chi connectivity index (χ1n) is 6.42. The van der Waals surface area contributed by atoms with Gasteiger partial charge in [-0.25, -0.2) is 13.6 Å². The minimum atomic E-state index is -3.38. The molecular weight excluding hydrogens is 266 g/mol. The van der Waals surface area contributed by atoms with E-state index in [9.17, 15) is 13.2 Å². The van der Waals surface area contributed by atoms with E-state index in [1.54, 1.807) is 0 Å². The van der Waals surface area contributed by atoms with Crippen molar-refractivity contribution in [3.63, 3.8) is 0 Å². The lowest BCUT2D eigenvalue weighted by molar-refractivity contribution is 0.454. The molecule has 0 aromatic carbocycles. The van der Waals surface area contributed by atoms with Gasteiger partial charge in [0.25, 0.3) is 0 Å². The summed E-state index contributed by atoms with van der Waals surface area (Å²) in [6.07, 6.45) is 3.39. The molecule has 2 rings (SSSR count). The molecule has 6 nitrogen and oxygen atoms in total. The van der Waals surface area contributed by atoms with Crippen LogP contribution in [0.4, 0.5) is 0 Å². The van der Waals surface area contributed by atoms with Crippen molar-refractivity contribution in [3.8, 4) is 0 Å². The molecule has 4 N–H and O–H groups in total. The van der Waals surface area contributed by atoms with Gasteiger partial charge in [-0.1, -0.05) is 6.07 Å². The topological polar surface area (TPSA) is 105 Å². The Morgan fingerprint density at radius 3 is 2.95 bits per heavy atom. The predicted octanol–water partition coefficient (Wildman–Crippen LogP) is 0.0205. The number of aromatic nitrogens is 1. The van der Waals surface area contributed by atoms with Crippen LogP contribution in [-0.4, -0.2) is 25.7 Å². The summed E-state index contributed by atoms with van der Waals surface area (Å²) in [7, 11) is -3.38. The van der Waals surface area contributed by atoms with Crippen LogP contribution in [0.15, 0.2) is 16.9 Å². The molecule has 106 valence electrons. The number of rotatable bonds is 5.